The Kier molecular flexibility index (Phi) is 1.30. The first-order valence-corrected chi connectivity index (χ1v) is 3.87. The van der Waals surface area contributed by atoms with E-state index < -0.39 is 0 Å². The van der Waals surface area contributed by atoms with Gasteiger partial charge >= 0.3 is 0 Å². The number of nitrogens with zero attached hydrogens (tertiary/aromatic N) is 3. The maximum absolute atomic E-state index is 8.52. The van der Waals surface area contributed by atoms with Crippen LogP contribution in [0, 0.1) is 11.3 Å². The van der Waals surface area contributed by atoms with Crippen molar-refractivity contribution in [2.24, 2.45) is 0 Å². The SMILES string of the molecule is N#Cc1cnc2scnc2c1. The van der Waals surface area contributed by atoms with Crippen molar-refractivity contribution in [3.8, 4) is 6.07 Å². The molecule has 0 aliphatic carbocycles. The largest absolute Gasteiger partial charge is 0.243 e. The zero-order valence-electron chi connectivity index (χ0n) is 5.48. The standard InChI is InChI=1S/C7H3N3S/c8-2-5-1-6-7(9-3-5)11-4-10-6/h1,3-4H. The zero-order chi connectivity index (χ0) is 7.68. The Morgan fingerprint density at radius 3 is 3.18 bits per heavy atom. The summed E-state index contributed by atoms with van der Waals surface area (Å²) in [6.07, 6.45) is 1.56. The van der Waals surface area contributed by atoms with Gasteiger partial charge in [-0.3, -0.25) is 0 Å². The molecule has 0 saturated heterocycles. The van der Waals surface area contributed by atoms with Gasteiger partial charge in [0, 0.05) is 6.20 Å². The lowest BCUT2D eigenvalue weighted by molar-refractivity contribution is 1.37. The zero-order valence-corrected chi connectivity index (χ0v) is 6.30. The predicted octanol–water partition coefficient (Wildman–Crippen LogP) is 1.56. The van der Waals surface area contributed by atoms with Gasteiger partial charge in [0.15, 0.2) is 0 Å². The smallest absolute Gasteiger partial charge is 0.143 e. The molecular formula is C7H3N3S. The van der Waals surface area contributed by atoms with Gasteiger partial charge in [0.25, 0.3) is 0 Å². The van der Waals surface area contributed by atoms with Crippen LogP contribution in [-0.4, -0.2) is 9.97 Å². The molecule has 2 rings (SSSR count). The van der Waals surface area contributed by atoms with E-state index in [1.807, 2.05) is 6.07 Å². The molecule has 0 aliphatic heterocycles. The molecule has 0 aliphatic rings. The summed E-state index contributed by atoms with van der Waals surface area (Å²) in [5.41, 5.74) is 3.08. The van der Waals surface area contributed by atoms with Crippen LogP contribution in [0.1, 0.15) is 5.56 Å². The van der Waals surface area contributed by atoms with Crippen LogP contribution in [0.2, 0.25) is 0 Å². The molecule has 2 aromatic rings. The molecule has 0 saturated carbocycles. The van der Waals surface area contributed by atoms with Crippen LogP contribution < -0.4 is 0 Å². The normalized spacial score (nSPS) is 9.73. The van der Waals surface area contributed by atoms with Crippen molar-refractivity contribution in [1.82, 2.24) is 9.97 Å². The topological polar surface area (TPSA) is 49.6 Å². The minimum absolute atomic E-state index is 0.559. The van der Waals surface area contributed by atoms with Gasteiger partial charge in [0.05, 0.1) is 11.1 Å². The van der Waals surface area contributed by atoms with E-state index in [2.05, 4.69) is 9.97 Å². The maximum Gasteiger partial charge on any atom is 0.143 e. The first kappa shape index (κ1) is 6.25. The van der Waals surface area contributed by atoms with E-state index >= 15 is 0 Å². The van der Waals surface area contributed by atoms with Crippen LogP contribution in [0.5, 0.6) is 0 Å². The number of nitriles is 1. The summed E-state index contributed by atoms with van der Waals surface area (Å²) in [5.74, 6) is 0. The van der Waals surface area contributed by atoms with Crippen LogP contribution >= 0.6 is 11.3 Å². The number of thiazole rings is 1. The van der Waals surface area contributed by atoms with Crippen molar-refractivity contribution in [2.75, 3.05) is 0 Å². The fourth-order valence-corrected chi connectivity index (χ4v) is 1.43. The third-order valence-electron chi connectivity index (χ3n) is 1.32. The Labute approximate surface area is 67.0 Å². The van der Waals surface area contributed by atoms with E-state index in [1.54, 1.807) is 17.8 Å². The van der Waals surface area contributed by atoms with E-state index in [9.17, 15) is 0 Å². The van der Waals surface area contributed by atoms with Gasteiger partial charge < -0.3 is 0 Å². The fourth-order valence-electron chi connectivity index (χ4n) is 0.818. The average molecular weight is 161 g/mol. The fraction of sp³-hybridized carbons (Fsp3) is 0. The quantitative estimate of drug-likeness (QED) is 0.589. The third-order valence-corrected chi connectivity index (χ3v) is 2.07. The molecule has 11 heavy (non-hydrogen) atoms. The highest BCUT2D eigenvalue weighted by Crippen LogP contribution is 2.14. The minimum atomic E-state index is 0.559. The summed E-state index contributed by atoms with van der Waals surface area (Å²) in [6.45, 7) is 0. The monoisotopic (exact) mass is 161 g/mol. The number of pyridine rings is 1. The highest BCUT2D eigenvalue weighted by atomic mass is 32.1. The second-order valence-corrected chi connectivity index (χ2v) is 2.85. The van der Waals surface area contributed by atoms with E-state index in [-0.39, 0.29) is 0 Å². The van der Waals surface area contributed by atoms with Crippen molar-refractivity contribution in [3.05, 3.63) is 23.3 Å². The lowest BCUT2D eigenvalue weighted by atomic mass is 10.3. The van der Waals surface area contributed by atoms with Crippen LogP contribution in [0.15, 0.2) is 17.8 Å². The Bertz CT molecular complexity index is 426. The van der Waals surface area contributed by atoms with Gasteiger partial charge in [-0.2, -0.15) is 5.26 Å². The first-order valence-electron chi connectivity index (χ1n) is 2.99. The van der Waals surface area contributed by atoms with E-state index in [1.165, 1.54) is 11.3 Å². The van der Waals surface area contributed by atoms with Gasteiger partial charge in [0.1, 0.15) is 16.4 Å². The Morgan fingerprint density at radius 2 is 2.36 bits per heavy atom. The van der Waals surface area contributed by atoms with Gasteiger partial charge in [-0.05, 0) is 6.07 Å². The molecule has 0 bridgehead atoms. The summed E-state index contributed by atoms with van der Waals surface area (Å²) >= 11 is 1.47. The summed E-state index contributed by atoms with van der Waals surface area (Å²) in [7, 11) is 0. The number of rotatable bonds is 0. The molecule has 0 spiro atoms. The summed E-state index contributed by atoms with van der Waals surface area (Å²) in [5, 5.41) is 8.52. The van der Waals surface area contributed by atoms with Crippen LogP contribution in [0.3, 0.4) is 0 Å². The lowest BCUT2D eigenvalue weighted by Crippen LogP contribution is -1.77. The van der Waals surface area contributed by atoms with Crippen molar-refractivity contribution >= 4 is 21.7 Å². The minimum Gasteiger partial charge on any atom is -0.243 e. The molecule has 3 nitrogen and oxygen atoms in total. The predicted molar refractivity (Wildman–Crippen MR) is 42.1 cm³/mol. The van der Waals surface area contributed by atoms with E-state index in [0.717, 1.165) is 10.3 Å². The molecule has 0 atom stereocenters. The second kappa shape index (κ2) is 2.29. The molecule has 52 valence electrons. The lowest BCUT2D eigenvalue weighted by Gasteiger charge is -1.85. The number of aromatic nitrogens is 2. The Balaban J connectivity index is 2.79. The van der Waals surface area contributed by atoms with Crippen LogP contribution in [0.25, 0.3) is 10.3 Å². The molecule has 0 unspecified atom stereocenters. The summed E-state index contributed by atoms with van der Waals surface area (Å²) in [6, 6.07) is 3.75. The maximum atomic E-state index is 8.52. The molecule has 2 aromatic heterocycles. The highest BCUT2D eigenvalue weighted by Gasteiger charge is 1.97. The molecular weight excluding hydrogens is 158 g/mol. The molecule has 0 N–H and O–H groups in total. The Hall–Kier alpha value is -1.47. The second-order valence-electron chi connectivity index (χ2n) is 2.01. The van der Waals surface area contributed by atoms with Crippen molar-refractivity contribution in [3.63, 3.8) is 0 Å². The summed E-state index contributed by atoms with van der Waals surface area (Å²) in [4.78, 5) is 8.96. The molecule has 0 fully saturated rings. The van der Waals surface area contributed by atoms with Gasteiger partial charge in [-0.1, -0.05) is 0 Å². The van der Waals surface area contributed by atoms with Gasteiger partial charge in [-0.25, -0.2) is 9.97 Å². The number of hydrogen-bond acceptors (Lipinski definition) is 4. The van der Waals surface area contributed by atoms with Gasteiger partial charge in [0.2, 0.25) is 0 Å². The van der Waals surface area contributed by atoms with Crippen LogP contribution in [0.4, 0.5) is 0 Å². The average Bonchev–Trinajstić information content (AvgIpc) is 2.50. The molecule has 0 aromatic carbocycles. The van der Waals surface area contributed by atoms with Crippen molar-refractivity contribution in [2.45, 2.75) is 0 Å². The third kappa shape index (κ3) is 0.954. The number of fused-ring (bicyclic) bond motifs is 1. The summed E-state index contributed by atoms with van der Waals surface area (Å²) < 4.78 is 0. The van der Waals surface area contributed by atoms with Crippen LogP contribution in [-0.2, 0) is 0 Å². The first-order chi connectivity index (χ1) is 5.40. The van der Waals surface area contributed by atoms with E-state index in [4.69, 9.17) is 5.26 Å². The molecule has 0 amide bonds. The Morgan fingerprint density at radius 1 is 1.45 bits per heavy atom. The highest BCUT2D eigenvalue weighted by molar-refractivity contribution is 7.16. The molecule has 4 heteroatoms. The van der Waals surface area contributed by atoms with Crippen molar-refractivity contribution < 1.29 is 0 Å². The van der Waals surface area contributed by atoms with E-state index in [0.29, 0.717) is 5.56 Å². The molecule has 2 heterocycles. The number of hydrogen-bond donors (Lipinski definition) is 0. The van der Waals surface area contributed by atoms with Gasteiger partial charge in [-0.15, -0.1) is 11.3 Å². The van der Waals surface area contributed by atoms with Crippen molar-refractivity contribution in [1.29, 1.82) is 5.26 Å². The molecule has 0 radical (unpaired) electrons.